The Balaban J connectivity index is 2.44. The fourth-order valence-electron chi connectivity index (χ4n) is 1.35. The maximum absolute atomic E-state index is 3.44. The molecule has 0 bridgehead atoms. The first-order valence-corrected chi connectivity index (χ1v) is 4.78. The molecule has 0 saturated heterocycles. The van der Waals surface area contributed by atoms with Crippen molar-refractivity contribution in [2.24, 2.45) is 0 Å². The summed E-state index contributed by atoms with van der Waals surface area (Å²) in [6.45, 7) is 7.63. The summed E-state index contributed by atoms with van der Waals surface area (Å²) in [5.74, 6) is 0. The van der Waals surface area contributed by atoms with Crippen molar-refractivity contribution >= 4 is 0 Å². The Hall–Kier alpha value is -0.560. The molecule has 0 aliphatic heterocycles. The zero-order chi connectivity index (χ0) is 8.97. The van der Waals surface area contributed by atoms with Crippen molar-refractivity contribution in [2.75, 3.05) is 6.54 Å². The van der Waals surface area contributed by atoms with Crippen molar-refractivity contribution in [3.8, 4) is 0 Å². The molecule has 0 aromatic carbocycles. The van der Waals surface area contributed by atoms with E-state index in [9.17, 15) is 0 Å². The monoisotopic (exact) mass is 165 g/mol. The van der Waals surface area contributed by atoms with Gasteiger partial charge in [0, 0.05) is 12.6 Å². The Morgan fingerprint density at radius 1 is 1.50 bits per heavy atom. The van der Waals surface area contributed by atoms with Gasteiger partial charge in [0.15, 0.2) is 0 Å². The molecule has 1 aliphatic carbocycles. The van der Waals surface area contributed by atoms with Gasteiger partial charge in [-0.1, -0.05) is 31.6 Å². The average molecular weight is 165 g/mol. The lowest BCUT2D eigenvalue weighted by Gasteiger charge is -2.14. The Labute approximate surface area is 75.6 Å². The van der Waals surface area contributed by atoms with Gasteiger partial charge in [0.1, 0.15) is 0 Å². The molecular weight excluding hydrogens is 146 g/mol. The minimum absolute atomic E-state index is 0.584. The Morgan fingerprint density at radius 2 is 2.25 bits per heavy atom. The molecule has 1 nitrogen and oxygen atoms in total. The largest absolute Gasteiger partial charge is 0.310 e. The van der Waals surface area contributed by atoms with Crippen LogP contribution in [-0.4, -0.2) is 12.6 Å². The summed E-state index contributed by atoms with van der Waals surface area (Å²) >= 11 is 0. The van der Waals surface area contributed by atoms with Gasteiger partial charge in [0.2, 0.25) is 0 Å². The van der Waals surface area contributed by atoms with E-state index in [4.69, 9.17) is 0 Å². The third-order valence-corrected chi connectivity index (χ3v) is 2.25. The lowest BCUT2D eigenvalue weighted by Crippen LogP contribution is -2.25. The minimum atomic E-state index is 0.584. The second-order valence-corrected chi connectivity index (χ2v) is 3.78. The fourth-order valence-corrected chi connectivity index (χ4v) is 1.35. The second kappa shape index (κ2) is 4.46. The van der Waals surface area contributed by atoms with Crippen LogP contribution in [0.5, 0.6) is 0 Å². The van der Waals surface area contributed by atoms with E-state index < -0.39 is 0 Å². The smallest absolute Gasteiger partial charge is 0.0207 e. The van der Waals surface area contributed by atoms with Gasteiger partial charge in [-0.15, -0.1) is 0 Å². The molecule has 0 atom stereocenters. The molecule has 0 amide bonds. The molecule has 12 heavy (non-hydrogen) atoms. The van der Waals surface area contributed by atoms with Crippen molar-refractivity contribution in [2.45, 2.75) is 39.7 Å². The van der Waals surface area contributed by atoms with Crippen LogP contribution in [-0.2, 0) is 0 Å². The SMILES string of the molecule is CC1=C(CNC(C)C)C=CCC1. The number of nitrogens with one attached hydrogen (secondary N) is 1. The van der Waals surface area contributed by atoms with E-state index in [1.165, 1.54) is 18.4 Å². The lowest BCUT2D eigenvalue weighted by atomic mass is 9.99. The predicted molar refractivity (Wildman–Crippen MR) is 54.2 cm³/mol. The molecule has 0 fully saturated rings. The Morgan fingerprint density at radius 3 is 2.83 bits per heavy atom. The lowest BCUT2D eigenvalue weighted by molar-refractivity contribution is 0.621. The van der Waals surface area contributed by atoms with Crippen LogP contribution in [0, 0.1) is 0 Å². The first kappa shape index (κ1) is 9.53. The molecule has 68 valence electrons. The topological polar surface area (TPSA) is 12.0 Å². The van der Waals surface area contributed by atoms with Crippen LogP contribution in [0.2, 0.25) is 0 Å². The molecule has 1 aliphatic rings. The molecule has 0 heterocycles. The normalized spacial score (nSPS) is 17.7. The Bertz CT molecular complexity index is 199. The van der Waals surface area contributed by atoms with Crippen molar-refractivity contribution < 1.29 is 0 Å². The first-order chi connectivity index (χ1) is 5.70. The quantitative estimate of drug-likeness (QED) is 0.678. The van der Waals surface area contributed by atoms with E-state index >= 15 is 0 Å². The van der Waals surface area contributed by atoms with Gasteiger partial charge >= 0.3 is 0 Å². The standard InChI is InChI=1S/C11H19N/c1-9(2)12-8-11-7-5-4-6-10(11)3/h5,7,9,12H,4,6,8H2,1-3H3. The van der Waals surface area contributed by atoms with Gasteiger partial charge in [0.25, 0.3) is 0 Å². The molecule has 0 aromatic heterocycles. The summed E-state index contributed by atoms with van der Waals surface area (Å²) in [5.41, 5.74) is 3.03. The van der Waals surface area contributed by atoms with Crippen LogP contribution >= 0.6 is 0 Å². The van der Waals surface area contributed by atoms with E-state index in [0.29, 0.717) is 6.04 Å². The number of allylic oxidation sites excluding steroid dienone is 2. The van der Waals surface area contributed by atoms with Crippen LogP contribution in [0.3, 0.4) is 0 Å². The fraction of sp³-hybridized carbons (Fsp3) is 0.636. The van der Waals surface area contributed by atoms with Crippen LogP contribution in [0.1, 0.15) is 33.6 Å². The van der Waals surface area contributed by atoms with E-state index in [0.717, 1.165) is 6.54 Å². The predicted octanol–water partition coefficient (Wildman–Crippen LogP) is 2.65. The molecule has 1 N–H and O–H groups in total. The highest BCUT2D eigenvalue weighted by Gasteiger charge is 2.03. The molecular formula is C11H19N. The van der Waals surface area contributed by atoms with Crippen molar-refractivity contribution in [3.05, 3.63) is 23.3 Å². The maximum atomic E-state index is 3.44. The van der Waals surface area contributed by atoms with Crippen LogP contribution in [0.4, 0.5) is 0 Å². The summed E-state index contributed by atoms with van der Waals surface area (Å²) in [6, 6.07) is 0.584. The molecule has 0 unspecified atom stereocenters. The zero-order valence-electron chi connectivity index (χ0n) is 8.35. The number of hydrogen-bond donors (Lipinski definition) is 1. The summed E-state index contributed by atoms with van der Waals surface area (Å²) < 4.78 is 0. The summed E-state index contributed by atoms with van der Waals surface area (Å²) in [4.78, 5) is 0. The second-order valence-electron chi connectivity index (χ2n) is 3.78. The highest BCUT2D eigenvalue weighted by molar-refractivity contribution is 5.29. The van der Waals surface area contributed by atoms with E-state index in [-0.39, 0.29) is 0 Å². The van der Waals surface area contributed by atoms with Gasteiger partial charge in [-0.25, -0.2) is 0 Å². The maximum Gasteiger partial charge on any atom is 0.0207 e. The summed E-state index contributed by atoms with van der Waals surface area (Å²) in [7, 11) is 0. The van der Waals surface area contributed by atoms with Crippen LogP contribution in [0.15, 0.2) is 23.3 Å². The van der Waals surface area contributed by atoms with Crippen LogP contribution < -0.4 is 5.32 Å². The first-order valence-electron chi connectivity index (χ1n) is 4.78. The van der Waals surface area contributed by atoms with E-state index in [1.54, 1.807) is 5.57 Å². The van der Waals surface area contributed by atoms with E-state index in [1.807, 2.05) is 0 Å². The molecule has 1 heteroatoms. The molecule has 1 rings (SSSR count). The minimum Gasteiger partial charge on any atom is -0.310 e. The number of hydrogen-bond acceptors (Lipinski definition) is 1. The number of rotatable bonds is 3. The van der Waals surface area contributed by atoms with Crippen molar-refractivity contribution in [1.82, 2.24) is 5.32 Å². The van der Waals surface area contributed by atoms with Crippen molar-refractivity contribution in [1.29, 1.82) is 0 Å². The Kier molecular flexibility index (Phi) is 3.54. The van der Waals surface area contributed by atoms with Crippen molar-refractivity contribution in [3.63, 3.8) is 0 Å². The summed E-state index contributed by atoms with van der Waals surface area (Å²) in [6.07, 6.45) is 6.99. The molecule has 0 saturated carbocycles. The van der Waals surface area contributed by atoms with Gasteiger partial charge in [-0.3, -0.25) is 0 Å². The van der Waals surface area contributed by atoms with Gasteiger partial charge in [0.05, 0.1) is 0 Å². The average Bonchev–Trinajstić information content (AvgIpc) is 2.03. The highest BCUT2D eigenvalue weighted by Crippen LogP contribution is 2.17. The van der Waals surface area contributed by atoms with Gasteiger partial charge < -0.3 is 5.32 Å². The molecule has 0 spiro atoms. The molecule has 0 radical (unpaired) electrons. The molecule has 0 aromatic rings. The summed E-state index contributed by atoms with van der Waals surface area (Å²) in [5, 5.41) is 3.44. The van der Waals surface area contributed by atoms with E-state index in [2.05, 4.69) is 38.2 Å². The van der Waals surface area contributed by atoms with Crippen LogP contribution in [0.25, 0.3) is 0 Å². The van der Waals surface area contributed by atoms with Gasteiger partial charge in [-0.2, -0.15) is 0 Å². The third kappa shape index (κ3) is 2.82. The zero-order valence-corrected chi connectivity index (χ0v) is 8.35. The highest BCUT2D eigenvalue weighted by atomic mass is 14.9. The van der Waals surface area contributed by atoms with Gasteiger partial charge in [-0.05, 0) is 25.3 Å². The third-order valence-electron chi connectivity index (χ3n) is 2.25.